The van der Waals surface area contributed by atoms with E-state index >= 15 is 0 Å². The van der Waals surface area contributed by atoms with Gasteiger partial charge in [-0.25, -0.2) is 4.98 Å². The van der Waals surface area contributed by atoms with Crippen molar-refractivity contribution in [3.05, 3.63) is 41.6 Å². The van der Waals surface area contributed by atoms with Gasteiger partial charge in [0, 0.05) is 42.6 Å². The Bertz CT molecular complexity index is 821. The maximum atomic E-state index is 9.10. The molecule has 2 aromatic rings. The van der Waals surface area contributed by atoms with Crippen LogP contribution in [0.15, 0.2) is 30.3 Å². The van der Waals surface area contributed by atoms with Gasteiger partial charge >= 0.3 is 0 Å². The van der Waals surface area contributed by atoms with Gasteiger partial charge in [0.2, 0.25) is 5.95 Å². The monoisotopic (exact) mass is 436 g/mol. The minimum absolute atomic E-state index is 0. The number of halogens is 2. The van der Waals surface area contributed by atoms with E-state index in [1.54, 1.807) is 6.07 Å². The molecule has 0 unspecified atom stereocenters. The number of benzene rings is 1. The number of hydrogen-bond acceptors (Lipinski definition) is 6. The van der Waals surface area contributed by atoms with Gasteiger partial charge in [0.25, 0.3) is 0 Å². The summed E-state index contributed by atoms with van der Waals surface area (Å²) in [5, 5.41) is 16.0. The lowest BCUT2D eigenvalue weighted by molar-refractivity contribution is 0.492. The highest BCUT2D eigenvalue weighted by Crippen LogP contribution is 2.23. The summed E-state index contributed by atoms with van der Waals surface area (Å²) in [5.41, 5.74) is 2.49. The highest BCUT2D eigenvalue weighted by atomic mass is 35.5. The molecule has 2 N–H and O–H groups in total. The quantitative estimate of drug-likeness (QED) is 0.666. The van der Waals surface area contributed by atoms with Crippen LogP contribution >= 0.6 is 24.8 Å². The average Bonchev–Trinajstić information content (AvgIpc) is 3.10. The van der Waals surface area contributed by atoms with E-state index in [-0.39, 0.29) is 24.8 Å². The first-order valence-electron chi connectivity index (χ1n) is 9.73. The van der Waals surface area contributed by atoms with Crippen LogP contribution in [0.25, 0.3) is 0 Å². The smallest absolute Gasteiger partial charge is 0.229 e. The normalized spacial score (nSPS) is 15.4. The van der Waals surface area contributed by atoms with Gasteiger partial charge < -0.3 is 15.5 Å². The maximum Gasteiger partial charge on any atom is 0.229 e. The molecule has 1 aliphatic rings. The molecular weight excluding hydrogens is 407 g/mol. The van der Waals surface area contributed by atoms with Crippen molar-refractivity contribution in [2.75, 3.05) is 23.3 Å². The number of aromatic nitrogens is 2. The Morgan fingerprint density at radius 1 is 1.24 bits per heavy atom. The number of nitriles is 1. The third-order valence-corrected chi connectivity index (χ3v) is 4.60. The summed E-state index contributed by atoms with van der Waals surface area (Å²) in [6, 6.07) is 12.6. The lowest BCUT2D eigenvalue weighted by Crippen LogP contribution is -2.37. The van der Waals surface area contributed by atoms with Gasteiger partial charge in [-0.15, -0.1) is 24.8 Å². The van der Waals surface area contributed by atoms with Gasteiger partial charge in [0.05, 0.1) is 11.6 Å². The van der Waals surface area contributed by atoms with Crippen molar-refractivity contribution in [1.29, 1.82) is 5.26 Å². The Hall–Kier alpha value is -2.07. The van der Waals surface area contributed by atoms with Crippen molar-refractivity contribution >= 4 is 42.3 Å². The lowest BCUT2D eigenvalue weighted by Gasteiger charge is -2.20. The number of rotatable bonds is 7. The van der Waals surface area contributed by atoms with Crippen LogP contribution in [0.5, 0.6) is 0 Å². The molecule has 0 aliphatic carbocycles. The van der Waals surface area contributed by atoms with E-state index in [2.05, 4.69) is 53.4 Å². The molecule has 1 aromatic heterocycles. The summed E-state index contributed by atoms with van der Waals surface area (Å²) in [4.78, 5) is 11.8. The molecule has 3 rings (SSSR count). The molecule has 29 heavy (non-hydrogen) atoms. The first kappa shape index (κ1) is 25.0. The number of aryl methyl sites for hydroxylation is 1. The van der Waals surface area contributed by atoms with Crippen molar-refractivity contribution in [1.82, 2.24) is 15.3 Å². The second-order valence-corrected chi connectivity index (χ2v) is 7.36. The van der Waals surface area contributed by atoms with Crippen molar-refractivity contribution in [2.45, 2.75) is 52.1 Å². The van der Waals surface area contributed by atoms with Crippen LogP contribution in [-0.2, 0) is 6.42 Å². The standard InChI is InChI=1S/C21H28N6.2ClH/c1-4-6-17-12-20(27-10-9-19(14-27)23-15(2)3)26-21(24-17)25-18-8-5-7-16(11-18)13-22;;/h5,7-8,11-12,15,19,23H,4,6,9-10,14H2,1-3H3,(H,24,25,26);2*1H/t19-;;/m0../s1. The summed E-state index contributed by atoms with van der Waals surface area (Å²) in [5.74, 6) is 1.56. The Kier molecular flexibility index (Phi) is 10.2. The first-order valence-corrected chi connectivity index (χ1v) is 9.73. The van der Waals surface area contributed by atoms with Crippen LogP contribution in [0.1, 0.15) is 44.9 Å². The van der Waals surface area contributed by atoms with E-state index in [9.17, 15) is 0 Å². The summed E-state index contributed by atoms with van der Waals surface area (Å²) < 4.78 is 0. The molecule has 1 saturated heterocycles. The van der Waals surface area contributed by atoms with Crippen molar-refractivity contribution in [3.8, 4) is 6.07 Å². The highest BCUT2D eigenvalue weighted by Gasteiger charge is 2.24. The summed E-state index contributed by atoms with van der Waals surface area (Å²) in [7, 11) is 0. The predicted molar refractivity (Wildman–Crippen MR) is 124 cm³/mol. The SMILES string of the molecule is CCCc1cc(N2CC[C@H](NC(C)C)C2)nc(Nc2cccc(C#N)c2)n1.Cl.Cl. The van der Waals surface area contributed by atoms with Gasteiger partial charge in [-0.2, -0.15) is 10.2 Å². The molecule has 1 aromatic carbocycles. The van der Waals surface area contributed by atoms with Gasteiger partial charge in [-0.1, -0.05) is 33.3 Å². The van der Waals surface area contributed by atoms with Crippen LogP contribution in [0, 0.1) is 11.3 Å². The topological polar surface area (TPSA) is 76.9 Å². The van der Waals surface area contributed by atoms with Crippen LogP contribution in [-0.4, -0.2) is 35.1 Å². The largest absolute Gasteiger partial charge is 0.355 e. The van der Waals surface area contributed by atoms with E-state index in [1.165, 1.54) is 0 Å². The van der Waals surface area contributed by atoms with Crippen molar-refractivity contribution < 1.29 is 0 Å². The Morgan fingerprint density at radius 2 is 2.03 bits per heavy atom. The second-order valence-electron chi connectivity index (χ2n) is 7.36. The molecule has 1 atom stereocenters. The lowest BCUT2D eigenvalue weighted by atomic mass is 10.2. The second kappa shape index (κ2) is 11.8. The molecular formula is C21H30Cl2N6. The van der Waals surface area contributed by atoms with E-state index < -0.39 is 0 Å². The predicted octanol–water partition coefficient (Wildman–Crippen LogP) is 4.46. The molecule has 0 saturated carbocycles. The molecule has 0 radical (unpaired) electrons. The number of anilines is 3. The van der Waals surface area contributed by atoms with Crippen molar-refractivity contribution in [2.24, 2.45) is 0 Å². The molecule has 1 fully saturated rings. The fourth-order valence-electron chi connectivity index (χ4n) is 3.46. The Labute approximate surface area is 185 Å². The van der Waals surface area contributed by atoms with E-state index in [0.717, 1.165) is 49.6 Å². The zero-order valence-electron chi connectivity index (χ0n) is 17.2. The average molecular weight is 437 g/mol. The summed E-state index contributed by atoms with van der Waals surface area (Å²) >= 11 is 0. The molecule has 8 heteroatoms. The minimum atomic E-state index is 0. The number of hydrogen-bond donors (Lipinski definition) is 2. The van der Waals surface area contributed by atoms with Gasteiger partial charge in [-0.3, -0.25) is 0 Å². The van der Waals surface area contributed by atoms with Crippen LogP contribution in [0.3, 0.4) is 0 Å². The Balaban J connectivity index is 0.00000210. The first-order chi connectivity index (χ1) is 13.1. The maximum absolute atomic E-state index is 9.10. The third-order valence-electron chi connectivity index (χ3n) is 4.60. The van der Waals surface area contributed by atoms with E-state index in [4.69, 9.17) is 10.2 Å². The van der Waals surface area contributed by atoms with E-state index in [1.807, 2.05) is 18.2 Å². The van der Waals surface area contributed by atoms with Gasteiger partial charge in [0.15, 0.2) is 0 Å². The molecule has 158 valence electrons. The molecule has 0 amide bonds. The van der Waals surface area contributed by atoms with Crippen LogP contribution < -0.4 is 15.5 Å². The molecule has 1 aliphatic heterocycles. The minimum Gasteiger partial charge on any atom is -0.355 e. The molecule has 0 bridgehead atoms. The summed E-state index contributed by atoms with van der Waals surface area (Å²) in [6.45, 7) is 8.48. The Morgan fingerprint density at radius 3 is 2.72 bits per heavy atom. The molecule has 0 spiro atoms. The number of nitrogens with one attached hydrogen (secondary N) is 2. The highest BCUT2D eigenvalue weighted by molar-refractivity contribution is 5.85. The molecule has 2 heterocycles. The van der Waals surface area contributed by atoms with Crippen molar-refractivity contribution in [3.63, 3.8) is 0 Å². The fraction of sp³-hybridized carbons (Fsp3) is 0.476. The fourth-order valence-corrected chi connectivity index (χ4v) is 3.46. The zero-order chi connectivity index (χ0) is 19.2. The van der Waals surface area contributed by atoms with E-state index in [0.29, 0.717) is 23.6 Å². The van der Waals surface area contributed by atoms with Gasteiger partial charge in [-0.05, 0) is 31.0 Å². The van der Waals surface area contributed by atoms with Crippen LogP contribution in [0.4, 0.5) is 17.5 Å². The molecule has 6 nitrogen and oxygen atoms in total. The number of nitrogens with zero attached hydrogens (tertiary/aromatic N) is 4. The van der Waals surface area contributed by atoms with Crippen LogP contribution in [0.2, 0.25) is 0 Å². The summed E-state index contributed by atoms with van der Waals surface area (Å²) in [6.07, 6.45) is 3.08. The van der Waals surface area contributed by atoms with Gasteiger partial charge in [0.1, 0.15) is 5.82 Å². The zero-order valence-corrected chi connectivity index (χ0v) is 18.8. The third kappa shape index (κ3) is 7.04.